The van der Waals surface area contributed by atoms with Gasteiger partial charge in [0.25, 0.3) is 5.91 Å². The van der Waals surface area contributed by atoms with E-state index in [0.29, 0.717) is 5.82 Å². The lowest BCUT2D eigenvalue weighted by atomic mass is 10.1. The minimum Gasteiger partial charge on any atom is -0.312 e. The molecule has 1 saturated carbocycles. The van der Waals surface area contributed by atoms with Gasteiger partial charge in [-0.15, -0.1) is 5.10 Å². The van der Waals surface area contributed by atoms with Gasteiger partial charge in [0, 0.05) is 6.04 Å². The normalized spacial score (nSPS) is 17.9. The fourth-order valence-corrected chi connectivity index (χ4v) is 3.15. The van der Waals surface area contributed by atoms with Crippen molar-refractivity contribution in [3.8, 4) is 5.69 Å². The summed E-state index contributed by atoms with van der Waals surface area (Å²) in [4.78, 5) is 27.6. The second kappa shape index (κ2) is 5.40. The average molecular weight is 326 g/mol. The highest BCUT2D eigenvalue weighted by Gasteiger charge is 2.44. The zero-order valence-corrected chi connectivity index (χ0v) is 13.6. The third kappa shape index (κ3) is 2.34. The van der Waals surface area contributed by atoms with Crippen LogP contribution in [0.3, 0.4) is 0 Å². The summed E-state index contributed by atoms with van der Waals surface area (Å²) in [6.45, 7) is 4.21. The molecule has 1 aliphatic heterocycles. The molecule has 1 aromatic carbocycles. The van der Waals surface area contributed by atoms with E-state index in [1.165, 1.54) is 4.90 Å². The molecule has 0 spiro atoms. The first kappa shape index (κ1) is 14.8. The Morgan fingerprint density at radius 3 is 2.54 bits per heavy atom. The van der Waals surface area contributed by atoms with Crippen LogP contribution in [0.25, 0.3) is 5.69 Å². The molecule has 3 amide bonds. The summed E-state index contributed by atoms with van der Waals surface area (Å²) in [7, 11) is 0. The van der Waals surface area contributed by atoms with E-state index in [0.717, 1.165) is 29.7 Å². The zero-order chi connectivity index (χ0) is 16.8. The molecule has 0 N–H and O–H groups in total. The number of aryl methyl sites for hydroxylation is 2. The number of hydrogen-bond acceptors (Lipinski definition) is 5. The lowest BCUT2D eigenvalue weighted by Crippen LogP contribution is -2.34. The van der Waals surface area contributed by atoms with E-state index < -0.39 is 0 Å². The van der Waals surface area contributed by atoms with Crippen LogP contribution in [0.1, 0.15) is 29.8 Å². The summed E-state index contributed by atoms with van der Waals surface area (Å²) < 4.78 is 1.62. The quantitative estimate of drug-likeness (QED) is 0.788. The molecule has 8 heteroatoms. The number of imide groups is 1. The molecule has 4 rings (SSSR count). The average Bonchev–Trinajstić information content (AvgIpc) is 3.23. The van der Waals surface area contributed by atoms with E-state index >= 15 is 0 Å². The van der Waals surface area contributed by atoms with Crippen LogP contribution in [0.5, 0.6) is 0 Å². The SMILES string of the molecule is Cc1cccc(C)c1-n1nnnc1CN1C(=O)CN(C2CC2)C1=O. The maximum atomic E-state index is 12.5. The Kier molecular flexibility index (Phi) is 3.33. The summed E-state index contributed by atoms with van der Waals surface area (Å²) in [6, 6.07) is 5.92. The Hall–Kier alpha value is -2.77. The number of hydrogen-bond donors (Lipinski definition) is 0. The van der Waals surface area contributed by atoms with Gasteiger partial charge in [-0.1, -0.05) is 18.2 Å². The monoisotopic (exact) mass is 326 g/mol. The van der Waals surface area contributed by atoms with Crippen molar-refractivity contribution in [1.82, 2.24) is 30.0 Å². The Balaban J connectivity index is 1.64. The van der Waals surface area contributed by atoms with Crippen LogP contribution in [-0.4, -0.2) is 54.5 Å². The molecule has 2 aromatic rings. The van der Waals surface area contributed by atoms with Crippen LogP contribution in [0.4, 0.5) is 4.79 Å². The molecule has 2 aliphatic rings. The molecular weight excluding hydrogens is 308 g/mol. The minimum absolute atomic E-state index is 0.0850. The number of carbonyl (C=O) groups excluding carboxylic acids is 2. The van der Waals surface area contributed by atoms with Gasteiger partial charge in [-0.2, -0.15) is 4.68 Å². The molecule has 1 aromatic heterocycles. The molecule has 0 bridgehead atoms. The van der Waals surface area contributed by atoms with Gasteiger partial charge in [0.15, 0.2) is 5.82 Å². The molecule has 0 unspecified atom stereocenters. The van der Waals surface area contributed by atoms with E-state index in [1.807, 2.05) is 32.0 Å². The van der Waals surface area contributed by atoms with Gasteiger partial charge in [-0.25, -0.2) is 4.79 Å². The minimum atomic E-state index is -0.237. The third-order valence-electron chi connectivity index (χ3n) is 4.56. The molecule has 1 saturated heterocycles. The molecule has 1 aliphatic carbocycles. The van der Waals surface area contributed by atoms with Crippen LogP contribution in [0.2, 0.25) is 0 Å². The summed E-state index contributed by atoms with van der Waals surface area (Å²) in [5.74, 6) is 0.287. The van der Waals surface area contributed by atoms with E-state index in [2.05, 4.69) is 15.5 Å². The summed E-state index contributed by atoms with van der Waals surface area (Å²) >= 11 is 0. The predicted octanol–water partition coefficient (Wildman–Crippen LogP) is 1.21. The number of tetrazole rings is 1. The molecule has 2 fully saturated rings. The number of amides is 3. The smallest absolute Gasteiger partial charge is 0.312 e. The van der Waals surface area contributed by atoms with Gasteiger partial charge in [-0.3, -0.25) is 9.69 Å². The van der Waals surface area contributed by atoms with Crippen molar-refractivity contribution in [3.63, 3.8) is 0 Å². The van der Waals surface area contributed by atoms with Crippen molar-refractivity contribution in [2.45, 2.75) is 39.3 Å². The lowest BCUT2D eigenvalue weighted by molar-refractivity contribution is -0.125. The highest BCUT2D eigenvalue weighted by Crippen LogP contribution is 2.31. The van der Waals surface area contributed by atoms with E-state index in [1.54, 1.807) is 9.58 Å². The number of urea groups is 1. The van der Waals surface area contributed by atoms with Gasteiger partial charge >= 0.3 is 6.03 Å². The zero-order valence-electron chi connectivity index (χ0n) is 13.6. The molecule has 24 heavy (non-hydrogen) atoms. The second-order valence-corrected chi connectivity index (χ2v) is 6.37. The molecule has 124 valence electrons. The summed E-state index contributed by atoms with van der Waals surface area (Å²) in [5, 5.41) is 11.8. The van der Waals surface area contributed by atoms with E-state index in [-0.39, 0.29) is 31.1 Å². The number of aromatic nitrogens is 4. The van der Waals surface area contributed by atoms with Crippen LogP contribution in [0, 0.1) is 13.8 Å². The van der Waals surface area contributed by atoms with Crippen molar-refractivity contribution in [3.05, 3.63) is 35.2 Å². The van der Waals surface area contributed by atoms with Crippen LogP contribution in [-0.2, 0) is 11.3 Å². The topological polar surface area (TPSA) is 84.2 Å². The summed E-state index contributed by atoms with van der Waals surface area (Å²) in [5.41, 5.74) is 2.94. The van der Waals surface area contributed by atoms with E-state index in [4.69, 9.17) is 0 Å². The van der Waals surface area contributed by atoms with E-state index in [9.17, 15) is 9.59 Å². The fourth-order valence-electron chi connectivity index (χ4n) is 3.15. The van der Waals surface area contributed by atoms with Crippen molar-refractivity contribution in [2.24, 2.45) is 0 Å². The van der Waals surface area contributed by atoms with Crippen molar-refractivity contribution < 1.29 is 9.59 Å². The summed E-state index contributed by atoms with van der Waals surface area (Å²) in [6.07, 6.45) is 1.96. The van der Waals surface area contributed by atoms with Crippen LogP contribution >= 0.6 is 0 Å². The number of nitrogens with zero attached hydrogens (tertiary/aromatic N) is 6. The molecular formula is C16H18N6O2. The Morgan fingerprint density at radius 1 is 1.17 bits per heavy atom. The fraction of sp³-hybridized carbons (Fsp3) is 0.438. The largest absolute Gasteiger partial charge is 0.327 e. The molecule has 0 atom stereocenters. The first-order chi connectivity index (χ1) is 11.6. The van der Waals surface area contributed by atoms with Gasteiger partial charge in [0.1, 0.15) is 6.54 Å². The maximum absolute atomic E-state index is 12.5. The third-order valence-corrected chi connectivity index (χ3v) is 4.56. The van der Waals surface area contributed by atoms with Gasteiger partial charge in [-0.05, 0) is 48.2 Å². The second-order valence-electron chi connectivity index (χ2n) is 6.37. The number of para-hydroxylation sites is 1. The Labute approximate surface area is 139 Å². The number of carbonyl (C=O) groups is 2. The highest BCUT2D eigenvalue weighted by molar-refractivity contribution is 6.02. The number of rotatable bonds is 4. The van der Waals surface area contributed by atoms with Gasteiger partial charge in [0.2, 0.25) is 0 Å². The lowest BCUT2D eigenvalue weighted by Gasteiger charge is -2.17. The first-order valence-electron chi connectivity index (χ1n) is 8.01. The van der Waals surface area contributed by atoms with Crippen molar-refractivity contribution in [2.75, 3.05) is 6.54 Å². The van der Waals surface area contributed by atoms with Crippen molar-refractivity contribution in [1.29, 1.82) is 0 Å². The van der Waals surface area contributed by atoms with Crippen molar-refractivity contribution >= 4 is 11.9 Å². The van der Waals surface area contributed by atoms with Crippen LogP contribution < -0.4 is 0 Å². The number of benzene rings is 1. The van der Waals surface area contributed by atoms with Crippen LogP contribution in [0.15, 0.2) is 18.2 Å². The highest BCUT2D eigenvalue weighted by atomic mass is 16.2. The Bertz CT molecular complexity index is 805. The molecule has 2 heterocycles. The Morgan fingerprint density at radius 2 is 1.88 bits per heavy atom. The standard InChI is InChI=1S/C16H18N6O2/c1-10-4-3-5-11(2)15(10)22-13(17-18-19-22)8-21-14(23)9-20(16(21)24)12-6-7-12/h3-5,12H,6-9H2,1-2H3. The maximum Gasteiger partial charge on any atom is 0.327 e. The van der Waals surface area contributed by atoms with Gasteiger partial charge in [0.05, 0.1) is 12.2 Å². The van der Waals surface area contributed by atoms with Gasteiger partial charge < -0.3 is 4.90 Å². The molecule has 8 nitrogen and oxygen atoms in total. The molecule has 0 radical (unpaired) electrons. The predicted molar refractivity (Wildman–Crippen MR) is 84.3 cm³/mol. The first-order valence-corrected chi connectivity index (χ1v) is 8.01.